The molecule has 2 aliphatic heterocycles. The van der Waals surface area contributed by atoms with Crippen LogP contribution in [0.15, 0.2) is 54.6 Å². The highest BCUT2D eigenvalue weighted by Gasteiger charge is 2.36. The molecule has 1 aromatic heterocycles. The van der Waals surface area contributed by atoms with E-state index in [0.717, 1.165) is 67.7 Å². The van der Waals surface area contributed by atoms with Crippen LogP contribution in [-0.4, -0.2) is 71.5 Å². The number of hydrogen-bond acceptors (Lipinski definition) is 5. The normalized spacial score (nSPS) is 20.1. The molecule has 0 N–H and O–H groups in total. The summed E-state index contributed by atoms with van der Waals surface area (Å²) in [5.41, 5.74) is 2.91. The smallest absolute Gasteiger partial charge is 0.245 e. The summed E-state index contributed by atoms with van der Waals surface area (Å²) in [6, 6.07) is 18.2. The molecule has 0 spiro atoms. The molecule has 2 aliphatic rings. The van der Waals surface area contributed by atoms with Gasteiger partial charge in [-0.3, -0.25) is 4.79 Å². The molecule has 5 rings (SSSR count). The first kappa shape index (κ1) is 19.0. The molecule has 6 nitrogen and oxygen atoms in total. The molecule has 1 atom stereocenters. The lowest BCUT2D eigenvalue weighted by Gasteiger charge is -2.36. The topological polar surface area (TPSA) is 52.6 Å². The fourth-order valence-electron chi connectivity index (χ4n) is 4.51. The van der Waals surface area contributed by atoms with Crippen molar-refractivity contribution in [1.29, 1.82) is 0 Å². The maximum Gasteiger partial charge on any atom is 0.245 e. The zero-order chi connectivity index (χ0) is 20.5. The van der Waals surface area contributed by atoms with E-state index in [2.05, 4.69) is 35.0 Å². The number of fused-ring (bicyclic) bond motifs is 1. The molecule has 1 unspecified atom stereocenters. The zero-order valence-corrected chi connectivity index (χ0v) is 17.4. The van der Waals surface area contributed by atoms with E-state index in [1.165, 1.54) is 0 Å². The summed E-state index contributed by atoms with van der Waals surface area (Å²) in [6.45, 7) is 4.28. The van der Waals surface area contributed by atoms with Gasteiger partial charge in [-0.15, -0.1) is 0 Å². The summed E-state index contributed by atoms with van der Waals surface area (Å²) in [6.07, 6.45) is 1.85. The SMILES string of the molecule is CN1CCN(C(=O)C2CCCN2c2nc(-c3ccccc3)c3ccccc3n2)CC1. The van der Waals surface area contributed by atoms with Gasteiger partial charge in [0.2, 0.25) is 11.9 Å². The van der Waals surface area contributed by atoms with Crippen LogP contribution < -0.4 is 4.90 Å². The summed E-state index contributed by atoms with van der Waals surface area (Å²) in [4.78, 5) is 29.6. The van der Waals surface area contributed by atoms with E-state index in [-0.39, 0.29) is 11.9 Å². The molecule has 0 aliphatic carbocycles. The highest BCUT2D eigenvalue weighted by Crippen LogP contribution is 2.31. The number of aromatic nitrogens is 2. The summed E-state index contributed by atoms with van der Waals surface area (Å²) < 4.78 is 0. The number of nitrogens with zero attached hydrogens (tertiary/aromatic N) is 5. The van der Waals surface area contributed by atoms with Crippen LogP contribution in [0.2, 0.25) is 0 Å². The minimum absolute atomic E-state index is 0.168. The predicted octanol–water partition coefficient (Wildman–Crippen LogP) is 3.04. The number of carbonyl (C=O) groups excluding carboxylic acids is 1. The van der Waals surface area contributed by atoms with Crippen LogP contribution in [0.25, 0.3) is 22.2 Å². The van der Waals surface area contributed by atoms with Crippen LogP contribution in [0, 0.1) is 0 Å². The number of anilines is 1. The van der Waals surface area contributed by atoms with Crippen LogP contribution in [0.4, 0.5) is 5.95 Å². The van der Waals surface area contributed by atoms with E-state index >= 15 is 0 Å². The van der Waals surface area contributed by atoms with Crippen molar-refractivity contribution in [2.24, 2.45) is 0 Å². The Labute approximate surface area is 177 Å². The predicted molar refractivity (Wildman–Crippen MR) is 119 cm³/mol. The number of para-hydroxylation sites is 1. The molecule has 0 radical (unpaired) electrons. The Bertz CT molecular complexity index is 1050. The molecule has 2 saturated heterocycles. The van der Waals surface area contributed by atoms with E-state index in [4.69, 9.17) is 9.97 Å². The Morgan fingerprint density at radius 2 is 1.63 bits per heavy atom. The van der Waals surface area contributed by atoms with Gasteiger partial charge in [0.05, 0.1) is 11.2 Å². The minimum atomic E-state index is -0.168. The second-order valence-corrected chi connectivity index (χ2v) is 8.24. The van der Waals surface area contributed by atoms with Crippen molar-refractivity contribution in [1.82, 2.24) is 19.8 Å². The van der Waals surface area contributed by atoms with E-state index in [1.807, 2.05) is 41.3 Å². The molecule has 2 fully saturated rings. The van der Waals surface area contributed by atoms with Gasteiger partial charge in [0.25, 0.3) is 0 Å². The van der Waals surface area contributed by atoms with Crippen molar-refractivity contribution in [2.75, 3.05) is 44.7 Å². The standard InChI is InChI=1S/C24H27N5O/c1-27-14-16-28(17-15-27)23(30)21-12-7-13-29(21)24-25-20-11-6-5-10-19(20)22(26-24)18-8-3-2-4-9-18/h2-6,8-11,21H,7,12-17H2,1H3. The van der Waals surface area contributed by atoms with Crippen LogP contribution in [0.1, 0.15) is 12.8 Å². The second-order valence-electron chi connectivity index (χ2n) is 8.24. The highest BCUT2D eigenvalue weighted by atomic mass is 16.2. The summed E-state index contributed by atoms with van der Waals surface area (Å²) in [5, 5.41) is 1.04. The summed E-state index contributed by atoms with van der Waals surface area (Å²) >= 11 is 0. The Kier molecular flexibility index (Phi) is 5.09. The van der Waals surface area contributed by atoms with E-state index in [1.54, 1.807) is 0 Å². The fraction of sp³-hybridized carbons (Fsp3) is 0.375. The lowest BCUT2D eigenvalue weighted by molar-refractivity contribution is -0.134. The van der Waals surface area contributed by atoms with Crippen molar-refractivity contribution in [3.63, 3.8) is 0 Å². The second kappa shape index (κ2) is 8.03. The summed E-state index contributed by atoms with van der Waals surface area (Å²) in [7, 11) is 2.11. The number of carbonyl (C=O) groups is 1. The third kappa shape index (κ3) is 3.52. The molecule has 0 saturated carbocycles. The van der Waals surface area contributed by atoms with Crippen LogP contribution in [-0.2, 0) is 4.79 Å². The Morgan fingerprint density at radius 3 is 2.43 bits per heavy atom. The molecular formula is C24H27N5O. The Balaban J connectivity index is 1.51. The van der Waals surface area contributed by atoms with Crippen LogP contribution >= 0.6 is 0 Å². The average Bonchev–Trinajstić information content (AvgIpc) is 3.29. The molecule has 30 heavy (non-hydrogen) atoms. The number of rotatable bonds is 3. The number of piperazine rings is 1. The van der Waals surface area contributed by atoms with Gasteiger partial charge in [0.1, 0.15) is 6.04 Å². The zero-order valence-electron chi connectivity index (χ0n) is 17.4. The molecule has 1 amide bonds. The number of likely N-dealkylation sites (N-methyl/N-ethyl adjacent to an activating group) is 1. The van der Waals surface area contributed by atoms with E-state index in [0.29, 0.717) is 5.95 Å². The van der Waals surface area contributed by atoms with Crippen molar-refractivity contribution in [2.45, 2.75) is 18.9 Å². The Hall–Kier alpha value is -2.99. The lowest BCUT2D eigenvalue weighted by atomic mass is 10.1. The maximum absolute atomic E-state index is 13.3. The monoisotopic (exact) mass is 401 g/mol. The number of amides is 1. The minimum Gasteiger partial charge on any atom is -0.338 e. The third-order valence-electron chi connectivity index (χ3n) is 6.25. The molecule has 3 heterocycles. The van der Waals surface area contributed by atoms with Gasteiger partial charge in [-0.2, -0.15) is 0 Å². The molecule has 3 aromatic rings. The Morgan fingerprint density at radius 1 is 0.900 bits per heavy atom. The van der Waals surface area contributed by atoms with Crippen LogP contribution in [0.3, 0.4) is 0 Å². The van der Waals surface area contributed by atoms with Crippen LogP contribution in [0.5, 0.6) is 0 Å². The third-order valence-corrected chi connectivity index (χ3v) is 6.25. The quantitative estimate of drug-likeness (QED) is 0.675. The molecule has 6 heteroatoms. The van der Waals surface area contributed by atoms with Crippen molar-refractivity contribution < 1.29 is 4.79 Å². The fourth-order valence-corrected chi connectivity index (χ4v) is 4.51. The lowest BCUT2D eigenvalue weighted by Crippen LogP contribution is -2.53. The first-order chi connectivity index (χ1) is 14.7. The van der Waals surface area contributed by atoms with Gasteiger partial charge >= 0.3 is 0 Å². The molecule has 2 aromatic carbocycles. The molecular weight excluding hydrogens is 374 g/mol. The average molecular weight is 402 g/mol. The van der Waals surface area contributed by atoms with Crippen molar-refractivity contribution in [3.8, 4) is 11.3 Å². The first-order valence-corrected chi connectivity index (χ1v) is 10.8. The van der Waals surface area contributed by atoms with Gasteiger partial charge < -0.3 is 14.7 Å². The van der Waals surface area contributed by atoms with Gasteiger partial charge in [0.15, 0.2) is 0 Å². The molecule has 154 valence electrons. The maximum atomic E-state index is 13.3. The van der Waals surface area contributed by atoms with Gasteiger partial charge in [-0.25, -0.2) is 9.97 Å². The van der Waals surface area contributed by atoms with E-state index < -0.39 is 0 Å². The number of benzene rings is 2. The number of hydrogen-bond donors (Lipinski definition) is 0. The van der Waals surface area contributed by atoms with E-state index in [9.17, 15) is 4.79 Å². The van der Waals surface area contributed by atoms with Crippen molar-refractivity contribution in [3.05, 3.63) is 54.6 Å². The van der Waals surface area contributed by atoms with Gasteiger partial charge in [0, 0.05) is 43.7 Å². The summed E-state index contributed by atoms with van der Waals surface area (Å²) in [5.74, 6) is 0.885. The largest absolute Gasteiger partial charge is 0.338 e. The van der Waals surface area contributed by atoms with Crippen molar-refractivity contribution >= 4 is 22.8 Å². The van der Waals surface area contributed by atoms with Gasteiger partial charge in [-0.05, 0) is 26.0 Å². The van der Waals surface area contributed by atoms with Gasteiger partial charge in [-0.1, -0.05) is 48.5 Å². The first-order valence-electron chi connectivity index (χ1n) is 10.8. The highest BCUT2D eigenvalue weighted by molar-refractivity contribution is 5.93. The molecule has 0 bridgehead atoms.